The number of aliphatic hydroxyl groups excluding tert-OH is 1. The first-order valence-corrected chi connectivity index (χ1v) is 7.68. The lowest BCUT2D eigenvalue weighted by Gasteiger charge is -2.30. The molecular weight excluding hydrogens is 284 g/mol. The van der Waals surface area contributed by atoms with E-state index in [1.165, 1.54) is 0 Å². The zero-order chi connectivity index (χ0) is 17.1. The molecule has 0 aliphatic carbocycles. The average Bonchev–Trinajstić information content (AvgIpc) is 2.41. The van der Waals surface area contributed by atoms with Crippen LogP contribution in [0.2, 0.25) is 0 Å². The van der Waals surface area contributed by atoms with Gasteiger partial charge >= 0.3 is 0 Å². The van der Waals surface area contributed by atoms with Crippen LogP contribution in [0, 0.1) is 12.3 Å². The van der Waals surface area contributed by atoms with Crippen molar-refractivity contribution in [2.75, 3.05) is 40.1 Å². The lowest BCUT2D eigenvalue weighted by Crippen LogP contribution is -2.34. The smallest absolute Gasteiger partial charge is 0.107 e. The first-order chi connectivity index (χ1) is 10.2. The first kappa shape index (κ1) is 21.4. The maximum absolute atomic E-state index is 9.60. The quantitative estimate of drug-likeness (QED) is 0.416. The summed E-state index contributed by atoms with van der Waals surface area (Å²) in [5.74, 6) is 2.44. The van der Waals surface area contributed by atoms with Gasteiger partial charge in [0, 0.05) is 7.11 Å². The second-order valence-electron chi connectivity index (χ2n) is 6.54. The molecular formula is C17H32O5. The SMILES string of the molecule is C#CCOCCC(C)(C)OCCC(C)(C)OCC(O)COC. The Bertz CT molecular complexity index is 320. The van der Waals surface area contributed by atoms with Gasteiger partial charge in [0.25, 0.3) is 0 Å². The Morgan fingerprint density at radius 1 is 1.00 bits per heavy atom. The van der Waals surface area contributed by atoms with Gasteiger partial charge in [0.05, 0.1) is 37.6 Å². The van der Waals surface area contributed by atoms with Crippen LogP contribution in [0.1, 0.15) is 40.5 Å². The normalized spacial score (nSPS) is 13.9. The first-order valence-electron chi connectivity index (χ1n) is 7.68. The molecule has 0 aliphatic heterocycles. The van der Waals surface area contributed by atoms with E-state index in [4.69, 9.17) is 25.4 Å². The molecule has 1 atom stereocenters. The van der Waals surface area contributed by atoms with Crippen molar-refractivity contribution in [3.05, 3.63) is 0 Å². The summed E-state index contributed by atoms with van der Waals surface area (Å²) in [6.45, 7) is 10.1. The van der Waals surface area contributed by atoms with Crippen LogP contribution in [-0.2, 0) is 18.9 Å². The highest BCUT2D eigenvalue weighted by Crippen LogP contribution is 2.19. The number of rotatable bonds is 13. The van der Waals surface area contributed by atoms with Crippen LogP contribution in [0.5, 0.6) is 0 Å². The number of methoxy groups -OCH3 is 1. The molecule has 0 aromatic rings. The Morgan fingerprint density at radius 2 is 1.59 bits per heavy atom. The fourth-order valence-corrected chi connectivity index (χ4v) is 1.73. The van der Waals surface area contributed by atoms with Crippen LogP contribution in [-0.4, -0.2) is 62.6 Å². The number of terminal acetylenes is 1. The van der Waals surface area contributed by atoms with E-state index in [0.717, 1.165) is 12.8 Å². The van der Waals surface area contributed by atoms with Crippen LogP contribution < -0.4 is 0 Å². The predicted octanol–water partition coefficient (Wildman–Crippen LogP) is 2.01. The molecule has 0 radical (unpaired) electrons. The third kappa shape index (κ3) is 12.0. The van der Waals surface area contributed by atoms with Gasteiger partial charge < -0.3 is 24.1 Å². The highest BCUT2D eigenvalue weighted by Gasteiger charge is 2.23. The summed E-state index contributed by atoms with van der Waals surface area (Å²) in [7, 11) is 1.55. The molecule has 0 saturated heterocycles. The Balaban J connectivity index is 3.92. The zero-order valence-electron chi connectivity index (χ0n) is 14.7. The van der Waals surface area contributed by atoms with Gasteiger partial charge in [-0.3, -0.25) is 0 Å². The van der Waals surface area contributed by atoms with Crippen LogP contribution in [0.4, 0.5) is 0 Å². The van der Waals surface area contributed by atoms with Gasteiger partial charge in [0.15, 0.2) is 0 Å². The number of hydrogen-bond donors (Lipinski definition) is 1. The molecule has 5 heteroatoms. The summed E-state index contributed by atoms with van der Waals surface area (Å²) in [5.41, 5.74) is -0.620. The summed E-state index contributed by atoms with van der Waals surface area (Å²) in [6, 6.07) is 0. The van der Waals surface area contributed by atoms with E-state index < -0.39 is 6.10 Å². The summed E-state index contributed by atoms with van der Waals surface area (Å²) < 4.78 is 21.8. The van der Waals surface area contributed by atoms with Gasteiger partial charge in [-0.25, -0.2) is 0 Å². The van der Waals surface area contributed by atoms with Crippen molar-refractivity contribution >= 4 is 0 Å². The molecule has 1 N–H and O–H groups in total. The van der Waals surface area contributed by atoms with Gasteiger partial charge in [-0.05, 0) is 40.5 Å². The molecule has 0 aromatic heterocycles. The van der Waals surface area contributed by atoms with Crippen molar-refractivity contribution in [2.24, 2.45) is 0 Å². The third-order valence-electron chi connectivity index (χ3n) is 3.26. The minimum Gasteiger partial charge on any atom is -0.388 e. The largest absolute Gasteiger partial charge is 0.388 e. The Morgan fingerprint density at radius 3 is 2.18 bits per heavy atom. The molecule has 0 aliphatic rings. The molecule has 130 valence electrons. The standard InChI is InChI=1S/C17H32O5/c1-7-10-20-11-8-16(2,3)21-12-9-17(4,5)22-14-15(18)13-19-6/h1,15,18H,8-14H2,2-6H3. The van der Waals surface area contributed by atoms with Crippen molar-refractivity contribution in [1.29, 1.82) is 0 Å². The molecule has 0 fully saturated rings. The Hall–Kier alpha value is -0.640. The van der Waals surface area contributed by atoms with E-state index in [0.29, 0.717) is 19.8 Å². The second kappa shape index (κ2) is 11.0. The molecule has 0 amide bonds. The fourth-order valence-electron chi connectivity index (χ4n) is 1.73. The van der Waals surface area contributed by atoms with Crippen molar-refractivity contribution in [3.8, 4) is 12.3 Å². The van der Waals surface area contributed by atoms with Crippen LogP contribution in [0.25, 0.3) is 0 Å². The monoisotopic (exact) mass is 316 g/mol. The van der Waals surface area contributed by atoms with E-state index in [9.17, 15) is 5.11 Å². The maximum atomic E-state index is 9.60. The van der Waals surface area contributed by atoms with Gasteiger partial charge in [-0.1, -0.05) is 5.92 Å². The van der Waals surface area contributed by atoms with Gasteiger partial charge in [-0.2, -0.15) is 0 Å². The minimum atomic E-state index is -0.602. The van der Waals surface area contributed by atoms with Crippen LogP contribution in [0.3, 0.4) is 0 Å². The number of aliphatic hydroxyl groups is 1. The van der Waals surface area contributed by atoms with E-state index in [1.807, 2.05) is 27.7 Å². The van der Waals surface area contributed by atoms with E-state index in [-0.39, 0.29) is 24.4 Å². The molecule has 1 unspecified atom stereocenters. The fraction of sp³-hybridized carbons (Fsp3) is 0.882. The maximum Gasteiger partial charge on any atom is 0.107 e. The van der Waals surface area contributed by atoms with E-state index in [1.54, 1.807) is 7.11 Å². The molecule has 0 saturated carbocycles. The third-order valence-corrected chi connectivity index (χ3v) is 3.26. The van der Waals surface area contributed by atoms with Crippen LogP contribution in [0.15, 0.2) is 0 Å². The van der Waals surface area contributed by atoms with Crippen LogP contribution >= 0.6 is 0 Å². The molecule has 0 rings (SSSR count). The molecule has 0 bridgehead atoms. The van der Waals surface area contributed by atoms with Gasteiger partial charge in [-0.15, -0.1) is 6.42 Å². The lowest BCUT2D eigenvalue weighted by atomic mass is 10.0. The van der Waals surface area contributed by atoms with E-state index in [2.05, 4.69) is 5.92 Å². The number of hydrogen-bond acceptors (Lipinski definition) is 5. The topological polar surface area (TPSA) is 57.2 Å². The van der Waals surface area contributed by atoms with E-state index >= 15 is 0 Å². The highest BCUT2D eigenvalue weighted by molar-refractivity contribution is 4.83. The minimum absolute atomic E-state index is 0.254. The Kier molecular flexibility index (Phi) is 10.7. The Labute approximate surface area is 135 Å². The summed E-state index contributed by atoms with van der Waals surface area (Å²) in [5, 5.41) is 9.60. The van der Waals surface area contributed by atoms with Crippen molar-refractivity contribution in [1.82, 2.24) is 0 Å². The van der Waals surface area contributed by atoms with Crippen molar-refractivity contribution in [3.63, 3.8) is 0 Å². The molecule has 0 heterocycles. The predicted molar refractivity (Wildman–Crippen MR) is 86.8 cm³/mol. The zero-order valence-corrected chi connectivity index (χ0v) is 14.7. The average molecular weight is 316 g/mol. The van der Waals surface area contributed by atoms with Gasteiger partial charge in [0.1, 0.15) is 12.7 Å². The van der Waals surface area contributed by atoms with Crippen molar-refractivity contribution in [2.45, 2.75) is 57.8 Å². The molecule has 0 spiro atoms. The summed E-state index contributed by atoms with van der Waals surface area (Å²) in [6.07, 6.45) is 6.05. The summed E-state index contributed by atoms with van der Waals surface area (Å²) in [4.78, 5) is 0. The molecule has 5 nitrogen and oxygen atoms in total. The molecule has 22 heavy (non-hydrogen) atoms. The number of ether oxygens (including phenoxy) is 4. The summed E-state index contributed by atoms with van der Waals surface area (Å²) >= 11 is 0. The molecule has 0 aromatic carbocycles. The second-order valence-corrected chi connectivity index (χ2v) is 6.54. The lowest BCUT2D eigenvalue weighted by molar-refractivity contribution is -0.102. The van der Waals surface area contributed by atoms with Gasteiger partial charge in [0.2, 0.25) is 0 Å². The van der Waals surface area contributed by atoms with Crippen molar-refractivity contribution < 1.29 is 24.1 Å². The highest BCUT2D eigenvalue weighted by atomic mass is 16.5.